The third-order valence-corrected chi connectivity index (χ3v) is 8.98. The maximum Gasteiger partial charge on any atom is 0.416 e. The molecule has 236 valence electrons. The van der Waals surface area contributed by atoms with Crippen molar-refractivity contribution in [2.24, 2.45) is 5.73 Å². The van der Waals surface area contributed by atoms with Crippen molar-refractivity contribution in [3.05, 3.63) is 139 Å². The van der Waals surface area contributed by atoms with E-state index >= 15 is 4.39 Å². The SMILES string of the molecule is Cc1cccc(CN2CCC3(CC2)OCc2c3c(=O)n(CC(N)c3ccccc3)c(=O)n2Cc2c(F)cccc2C(F)(F)F)c1. The quantitative estimate of drug-likeness (QED) is 0.285. The zero-order valence-corrected chi connectivity index (χ0v) is 24.8. The lowest BCUT2D eigenvalue weighted by atomic mass is 9.85. The number of benzene rings is 3. The second-order valence-corrected chi connectivity index (χ2v) is 11.9. The Morgan fingerprint density at radius 1 is 0.933 bits per heavy atom. The van der Waals surface area contributed by atoms with Crippen LogP contribution in [0.3, 0.4) is 0 Å². The molecule has 0 saturated carbocycles. The van der Waals surface area contributed by atoms with E-state index in [1.165, 1.54) is 0 Å². The fourth-order valence-electron chi connectivity index (χ4n) is 6.63. The maximum absolute atomic E-state index is 15.0. The molecule has 2 N–H and O–H groups in total. The summed E-state index contributed by atoms with van der Waals surface area (Å²) in [4.78, 5) is 30.4. The van der Waals surface area contributed by atoms with E-state index in [0.29, 0.717) is 38.0 Å². The minimum Gasteiger partial charge on any atom is -0.364 e. The van der Waals surface area contributed by atoms with E-state index in [2.05, 4.69) is 17.0 Å². The lowest BCUT2D eigenvalue weighted by Gasteiger charge is -2.39. The van der Waals surface area contributed by atoms with Gasteiger partial charge in [-0.25, -0.2) is 9.18 Å². The molecule has 0 aliphatic carbocycles. The van der Waals surface area contributed by atoms with Crippen molar-refractivity contribution < 1.29 is 22.3 Å². The Labute approximate surface area is 257 Å². The number of hydrogen-bond acceptors (Lipinski definition) is 5. The molecule has 4 aromatic rings. The highest BCUT2D eigenvalue weighted by molar-refractivity contribution is 5.35. The van der Waals surface area contributed by atoms with E-state index in [1.54, 1.807) is 24.3 Å². The van der Waals surface area contributed by atoms with Crippen LogP contribution in [0.15, 0.2) is 82.4 Å². The summed E-state index contributed by atoms with van der Waals surface area (Å²) in [5.41, 5.74) is 5.52. The van der Waals surface area contributed by atoms with E-state index in [1.807, 2.05) is 25.1 Å². The number of hydrogen-bond donors (Lipinski definition) is 1. The van der Waals surface area contributed by atoms with Crippen molar-refractivity contribution in [1.29, 1.82) is 0 Å². The number of ether oxygens (including phenoxy) is 1. The Balaban J connectivity index is 1.42. The van der Waals surface area contributed by atoms with E-state index < -0.39 is 52.6 Å². The third-order valence-electron chi connectivity index (χ3n) is 8.98. The number of likely N-dealkylation sites (tertiary alicyclic amines) is 1. The Kier molecular flexibility index (Phi) is 8.28. The predicted molar refractivity (Wildman–Crippen MR) is 161 cm³/mol. The molecule has 3 heterocycles. The molecule has 1 fully saturated rings. The van der Waals surface area contributed by atoms with Crippen LogP contribution in [-0.4, -0.2) is 27.1 Å². The zero-order valence-electron chi connectivity index (χ0n) is 24.8. The van der Waals surface area contributed by atoms with Gasteiger partial charge in [-0.2, -0.15) is 13.2 Å². The van der Waals surface area contributed by atoms with Gasteiger partial charge in [-0.1, -0.05) is 66.2 Å². The van der Waals surface area contributed by atoms with Crippen LogP contribution in [0.4, 0.5) is 17.6 Å². The van der Waals surface area contributed by atoms with Crippen LogP contribution in [0.2, 0.25) is 0 Å². The smallest absolute Gasteiger partial charge is 0.364 e. The number of rotatable bonds is 7. The first-order valence-corrected chi connectivity index (χ1v) is 14.9. The molecule has 11 heteroatoms. The molecular weight excluding hydrogens is 588 g/mol. The second kappa shape index (κ2) is 12.0. The summed E-state index contributed by atoms with van der Waals surface area (Å²) in [5.74, 6) is -1.10. The van der Waals surface area contributed by atoms with E-state index in [-0.39, 0.29) is 24.4 Å². The number of alkyl halides is 3. The predicted octanol–water partition coefficient (Wildman–Crippen LogP) is 5.25. The van der Waals surface area contributed by atoms with Gasteiger partial charge < -0.3 is 10.5 Å². The summed E-state index contributed by atoms with van der Waals surface area (Å²) < 4.78 is 65.2. The molecule has 2 aliphatic rings. The normalized spacial score (nSPS) is 17.0. The van der Waals surface area contributed by atoms with E-state index in [4.69, 9.17) is 10.5 Å². The first-order valence-electron chi connectivity index (χ1n) is 14.9. The number of aromatic nitrogens is 2. The van der Waals surface area contributed by atoms with Crippen molar-refractivity contribution in [2.45, 2.75) is 63.8 Å². The molecule has 1 spiro atoms. The van der Waals surface area contributed by atoms with Gasteiger partial charge in [0, 0.05) is 31.2 Å². The fraction of sp³-hybridized carbons (Fsp3) is 0.353. The van der Waals surface area contributed by atoms with Gasteiger partial charge in [0.15, 0.2) is 0 Å². The fourth-order valence-corrected chi connectivity index (χ4v) is 6.63. The van der Waals surface area contributed by atoms with Crippen LogP contribution in [0.25, 0.3) is 0 Å². The van der Waals surface area contributed by atoms with Crippen LogP contribution in [0.1, 0.15) is 58.0 Å². The van der Waals surface area contributed by atoms with Gasteiger partial charge in [-0.05, 0) is 43.0 Å². The maximum atomic E-state index is 15.0. The van der Waals surface area contributed by atoms with Crippen molar-refractivity contribution in [3.8, 4) is 0 Å². The van der Waals surface area contributed by atoms with Gasteiger partial charge in [-0.15, -0.1) is 0 Å². The Morgan fingerprint density at radius 3 is 2.33 bits per heavy atom. The Hall–Kier alpha value is -4.06. The van der Waals surface area contributed by atoms with Crippen molar-refractivity contribution >= 4 is 0 Å². The minimum absolute atomic E-state index is 0.154. The molecular formula is C34H34F4N4O3. The molecule has 1 unspecified atom stereocenters. The number of piperidine rings is 1. The van der Waals surface area contributed by atoms with Gasteiger partial charge in [0.2, 0.25) is 0 Å². The van der Waals surface area contributed by atoms with Crippen LogP contribution < -0.4 is 17.0 Å². The number of fused-ring (bicyclic) bond motifs is 2. The van der Waals surface area contributed by atoms with Crippen molar-refractivity contribution in [2.75, 3.05) is 13.1 Å². The number of halogens is 4. The number of aryl methyl sites for hydroxylation is 1. The molecule has 0 bridgehead atoms. The first kappa shape index (κ1) is 30.9. The molecule has 45 heavy (non-hydrogen) atoms. The third kappa shape index (κ3) is 5.99. The highest BCUT2D eigenvalue weighted by Gasteiger charge is 2.47. The molecule has 1 saturated heterocycles. The summed E-state index contributed by atoms with van der Waals surface area (Å²) >= 11 is 0. The first-order chi connectivity index (χ1) is 21.5. The molecule has 0 radical (unpaired) electrons. The Bertz CT molecular complexity index is 1830. The van der Waals surface area contributed by atoms with Gasteiger partial charge in [0.1, 0.15) is 11.4 Å². The number of nitrogens with zero attached hydrogens (tertiary/aromatic N) is 3. The highest BCUT2D eigenvalue weighted by atomic mass is 19.4. The summed E-state index contributed by atoms with van der Waals surface area (Å²) in [6.45, 7) is 2.86. The number of nitrogens with two attached hydrogens (primary N) is 1. The molecule has 7 nitrogen and oxygen atoms in total. The summed E-state index contributed by atoms with van der Waals surface area (Å²) in [6, 6.07) is 19.1. The summed E-state index contributed by atoms with van der Waals surface area (Å²) in [6.07, 6.45) is -3.97. The van der Waals surface area contributed by atoms with E-state index in [0.717, 1.165) is 38.5 Å². The summed E-state index contributed by atoms with van der Waals surface area (Å²) in [5, 5.41) is 0. The van der Waals surface area contributed by atoms with Gasteiger partial charge in [0.05, 0.1) is 36.5 Å². The van der Waals surface area contributed by atoms with Crippen molar-refractivity contribution in [1.82, 2.24) is 14.0 Å². The molecule has 3 aromatic carbocycles. The molecule has 1 atom stereocenters. The Morgan fingerprint density at radius 2 is 1.64 bits per heavy atom. The van der Waals surface area contributed by atoms with Crippen LogP contribution in [0, 0.1) is 12.7 Å². The molecule has 6 rings (SSSR count). The lowest BCUT2D eigenvalue weighted by molar-refractivity contribution is -0.138. The lowest BCUT2D eigenvalue weighted by Crippen LogP contribution is -2.49. The average Bonchev–Trinajstić information content (AvgIpc) is 3.37. The topological polar surface area (TPSA) is 82.5 Å². The van der Waals surface area contributed by atoms with Gasteiger partial charge in [-0.3, -0.25) is 18.8 Å². The second-order valence-electron chi connectivity index (χ2n) is 11.9. The minimum atomic E-state index is -4.85. The molecule has 0 amide bonds. The highest BCUT2D eigenvalue weighted by Crippen LogP contribution is 2.43. The van der Waals surface area contributed by atoms with Crippen LogP contribution >= 0.6 is 0 Å². The van der Waals surface area contributed by atoms with Crippen LogP contribution in [0.5, 0.6) is 0 Å². The standard InChI is InChI=1S/C34H34F4N4O3/c1-22-7-5-8-23(17-22)18-40-15-13-33(14-16-40)30-29(21-45-33)41(19-25-26(34(36,37)38)11-6-12-27(25)35)32(44)42(31(30)43)20-28(39)24-9-3-2-4-10-24/h2-12,17,28H,13-16,18-21,39H2,1H3. The van der Waals surface area contributed by atoms with Gasteiger partial charge in [0.25, 0.3) is 5.56 Å². The zero-order chi connectivity index (χ0) is 31.9. The largest absolute Gasteiger partial charge is 0.416 e. The van der Waals surface area contributed by atoms with Gasteiger partial charge >= 0.3 is 11.9 Å². The molecule has 2 aliphatic heterocycles. The van der Waals surface area contributed by atoms with Crippen LogP contribution in [-0.2, 0) is 42.8 Å². The van der Waals surface area contributed by atoms with E-state index in [9.17, 15) is 22.8 Å². The molecule has 1 aromatic heterocycles. The monoisotopic (exact) mass is 622 g/mol. The summed E-state index contributed by atoms with van der Waals surface area (Å²) in [7, 11) is 0. The van der Waals surface area contributed by atoms with Crippen molar-refractivity contribution in [3.63, 3.8) is 0 Å². The average molecular weight is 623 g/mol.